The van der Waals surface area contributed by atoms with Crippen molar-refractivity contribution in [2.75, 3.05) is 18.0 Å². The van der Waals surface area contributed by atoms with Gasteiger partial charge >= 0.3 is 0 Å². The quantitative estimate of drug-likeness (QED) is 0.833. The molecule has 2 rings (SSSR count). The zero-order valence-electron chi connectivity index (χ0n) is 9.61. The summed E-state index contributed by atoms with van der Waals surface area (Å²) in [4.78, 5) is 13.6. The molecule has 1 aromatic rings. The van der Waals surface area contributed by atoms with Gasteiger partial charge < -0.3 is 15.3 Å². The van der Waals surface area contributed by atoms with Gasteiger partial charge in [0.05, 0.1) is 6.61 Å². The number of aliphatic hydroxyl groups is 1. The van der Waals surface area contributed by atoms with Crippen LogP contribution in [-0.4, -0.2) is 30.1 Å². The second-order valence-electron chi connectivity index (χ2n) is 4.09. The van der Waals surface area contributed by atoms with Gasteiger partial charge in [0.15, 0.2) is 0 Å². The van der Waals surface area contributed by atoms with Gasteiger partial charge in [-0.2, -0.15) is 0 Å². The van der Waals surface area contributed by atoms with E-state index in [2.05, 4.69) is 5.32 Å². The number of rotatable bonds is 2. The number of nitrogens with zero attached hydrogens (tertiary/aromatic N) is 1. The fourth-order valence-corrected chi connectivity index (χ4v) is 2.22. The first-order chi connectivity index (χ1) is 8.13. The van der Waals surface area contributed by atoms with Gasteiger partial charge in [0.1, 0.15) is 6.04 Å². The van der Waals surface area contributed by atoms with Gasteiger partial charge in [0.2, 0.25) is 5.91 Å². The molecule has 4 nitrogen and oxygen atoms in total. The Morgan fingerprint density at radius 1 is 1.59 bits per heavy atom. The number of carbonyl (C=O) groups excluding carboxylic acids is 1. The monoisotopic (exact) mass is 254 g/mol. The second-order valence-corrected chi connectivity index (χ2v) is 4.53. The summed E-state index contributed by atoms with van der Waals surface area (Å²) in [6.45, 7) is 3.12. The number of benzene rings is 1. The molecule has 0 spiro atoms. The van der Waals surface area contributed by atoms with E-state index in [9.17, 15) is 9.90 Å². The average Bonchev–Trinajstić information content (AvgIpc) is 2.33. The van der Waals surface area contributed by atoms with E-state index in [0.717, 1.165) is 17.8 Å². The molecule has 0 aliphatic carbocycles. The molecule has 1 fully saturated rings. The van der Waals surface area contributed by atoms with E-state index >= 15 is 0 Å². The number of amides is 1. The molecule has 92 valence electrons. The van der Waals surface area contributed by atoms with Crippen molar-refractivity contribution in [3.8, 4) is 0 Å². The van der Waals surface area contributed by atoms with E-state index in [4.69, 9.17) is 11.6 Å². The molecule has 2 N–H and O–H groups in total. The maximum atomic E-state index is 11.6. The van der Waals surface area contributed by atoms with E-state index in [1.54, 1.807) is 18.2 Å². The number of halogens is 1. The molecule has 0 radical (unpaired) electrons. The molecule has 0 bridgehead atoms. The third-order valence-electron chi connectivity index (χ3n) is 3.03. The lowest BCUT2D eigenvalue weighted by Crippen LogP contribution is -2.54. The van der Waals surface area contributed by atoms with E-state index in [1.807, 2.05) is 11.8 Å². The Balaban J connectivity index is 2.37. The van der Waals surface area contributed by atoms with E-state index in [-0.39, 0.29) is 18.6 Å². The minimum Gasteiger partial charge on any atom is -0.392 e. The Kier molecular flexibility index (Phi) is 3.54. The highest BCUT2D eigenvalue weighted by Crippen LogP contribution is 2.27. The van der Waals surface area contributed by atoms with Gasteiger partial charge in [-0.1, -0.05) is 17.7 Å². The largest absolute Gasteiger partial charge is 0.392 e. The van der Waals surface area contributed by atoms with Gasteiger partial charge in [-0.05, 0) is 19.1 Å². The third kappa shape index (κ3) is 2.37. The molecule has 1 aliphatic rings. The molecule has 17 heavy (non-hydrogen) atoms. The predicted molar refractivity (Wildman–Crippen MR) is 67.2 cm³/mol. The van der Waals surface area contributed by atoms with E-state index in [0.29, 0.717) is 11.6 Å². The van der Waals surface area contributed by atoms with Gasteiger partial charge in [0.25, 0.3) is 0 Å². The lowest BCUT2D eigenvalue weighted by Gasteiger charge is -2.35. The van der Waals surface area contributed by atoms with Crippen LogP contribution in [0.4, 0.5) is 5.69 Å². The lowest BCUT2D eigenvalue weighted by molar-refractivity contribution is -0.122. The molecule has 1 heterocycles. The van der Waals surface area contributed by atoms with Crippen molar-refractivity contribution in [1.29, 1.82) is 0 Å². The number of piperazine rings is 1. The molecule has 1 amide bonds. The van der Waals surface area contributed by atoms with E-state index in [1.165, 1.54) is 0 Å². The van der Waals surface area contributed by atoms with Crippen molar-refractivity contribution < 1.29 is 9.90 Å². The van der Waals surface area contributed by atoms with Crippen LogP contribution in [0.5, 0.6) is 0 Å². The van der Waals surface area contributed by atoms with Gasteiger partial charge in [-0.15, -0.1) is 0 Å². The molecule has 1 aliphatic heterocycles. The van der Waals surface area contributed by atoms with Crippen LogP contribution in [-0.2, 0) is 11.4 Å². The number of anilines is 1. The molecule has 0 aromatic heterocycles. The summed E-state index contributed by atoms with van der Waals surface area (Å²) in [7, 11) is 0. The van der Waals surface area contributed by atoms with Crippen LogP contribution in [0.25, 0.3) is 0 Å². The van der Waals surface area contributed by atoms with Crippen LogP contribution >= 0.6 is 11.6 Å². The van der Waals surface area contributed by atoms with Gasteiger partial charge in [-0.25, -0.2) is 0 Å². The molecule has 1 unspecified atom stereocenters. The van der Waals surface area contributed by atoms with Gasteiger partial charge in [-0.3, -0.25) is 4.79 Å². The normalized spacial score (nSPS) is 20.3. The predicted octanol–water partition coefficient (Wildman–Crippen LogP) is 1.16. The highest BCUT2D eigenvalue weighted by molar-refractivity contribution is 6.30. The SMILES string of the molecule is CC1C(=O)NCCN1c1cc(Cl)ccc1CO. The molecular formula is C12H15ClN2O2. The minimum atomic E-state index is -0.243. The number of aliphatic hydroxyl groups excluding tert-OH is 1. The van der Waals surface area contributed by atoms with Crippen LogP contribution in [0, 0.1) is 0 Å². The zero-order valence-corrected chi connectivity index (χ0v) is 10.4. The average molecular weight is 255 g/mol. The molecule has 1 aromatic carbocycles. The summed E-state index contributed by atoms with van der Waals surface area (Å²) in [6, 6.07) is 5.08. The smallest absolute Gasteiger partial charge is 0.242 e. The first-order valence-corrected chi connectivity index (χ1v) is 5.95. The highest BCUT2D eigenvalue weighted by Gasteiger charge is 2.26. The molecular weight excluding hydrogens is 240 g/mol. The molecule has 1 saturated heterocycles. The van der Waals surface area contributed by atoms with E-state index < -0.39 is 0 Å². The minimum absolute atomic E-state index is 0.000107. The van der Waals surface area contributed by atoms with Crippen LogP contribution in [0.2, 0.25) is 5.02 Å². The van der Waals surface area contributed by atoms with Gasteiger partial charge in [0, 0.05) is 29.4 Å². The van der Waals surface area contributed by atoms with Crippen LogP contribution < -0.4 is 10.2 Å². The summed E-state index contributed by atoms with van der Waals surface area (Å²) in [5.74, 6) is 0.000107. The summed E-state index contributed by atoms with van der Waals surface area (Å²) >= 11 is 5.97. The summed E-state index contributed by atoms with van der Waals surface area (Å²) in [5.41, 5.74) is 1.62. The Morgan fingerprint density at radius 2 is 2.35 bits per heavy atom. The lowest BCUT2D eigenvalue weighted by atomic mass is 10.1. The van der Waals surface area contributed by atoms with Crippen molar-refractivity contribution >= 4 is 23.2 Å². The zero-order chi connectivity index (χ0) is 12.4. The number of hydrogen-bond donors (Lipinski definition) is 2. The topological polar surface area (TPSA) is 52.6 Å². The third-order valence-corrected chi connectivity index (χ3v) is 3.26. The Morgan fingerprint density at radius 3 is 3.06 bits per heavy atom. The fourth-order valence-electron chi connectivity index (χ4n) is 2.05. The first kappa shape index (κ1) is 12.2. The van der Waals surface area contributed by atoms with Crippen molar-refractivity contribution in [3.63, 3.8) is 0 Å². The maximum absolute atomic E-state index is 11.6. The molecule has 0 saturated carbocycles. The number of hydrogen-bond acceptors (Lipinski definition) is 3. The summed E-state index contributed by atoms with van der Waals surface area (Å²) in [5, 5.41) is 12.7. The summed E-state index contributed by atoms with van der Waals surface area (Å²) in [6.07, 6.45) is 0. The van der Waals surface area contributed by atoms with Crippen LogP contribution in [0.1, 0.15) is 12.5 Å². The second kappa shape index (κ2) is 4.94. The summed E-state index contributed by atoms with van der Waals surface area (Å²) < 4.78 is 0. The Labute approximate surface area is 105 Å². The van der Waals surface area contributed by atoms with Crippen LogP contribution in [0.15, 0.2) is 18.2 Å². The van der Waals surface area contributed by atoms with Crippen LogP contribution in [0.3, 0.4) is 0 Å². The first-order valence-electron chi connectivity index (χ1n) is 5.57. The van der Waals surface area contributed by atoms with Crippen molar-refractivity contribution in [3.05, 3.63) is 28.8 Å². The number of nitrogens with one attached hydrogen (secondary N) is 1. The van der Waals surface area contributed by atoms with Crippen molar-refractivity contribution in [2.45, 2.75) is 19.6 Å². The Hall–Kier alpha value is -1.26. The van der Waals surface area contributed by atoms with Crippen molar-refractivity contribution in [1.82, 2.24) is 5.32 Å². The molecule has 5 heteroatoms. The highest BCUT2D eigenvalue weighted by atomic mass is 35.5. The Bertz CT molecular complexity index is 437. The maximum Gasteiger partial charge on any atom is 0.242 e. The standard InChI is InChI=1S/C12H15ClN2O2/c1-8-12(17)14-4-5-15(8)11-6-10(13)3-2-9(11)7-16/h2-3,6,8,16H,4-5,7H2,1H3,(H,14,17). The fraction of sp³-hybridized carbons (Fsp3) is 0.417. The van der Waals surface area contributed by atoms with Crippen molar-refractivity contribution in [2.24, 2.45) is 0 Å². The number of carbonyl (C=O) groups is 1. The molecule has 1 atom stereocenters.